The van der Waals surface area contributed by atoms with Crippen LogP contribution in [0, 0.1) is 11.6 Å². The maximum absolute atomic E-state index is 14.8. The van der Waals surface area contributed by atoms with Crippen molar-refractivity contribution >= 4 is 50.8 Å². The number of ether oxygens (including phenoxy) is 2. The molecule has 1 aliphatic rings. The van der Waals surface area contributed by atoms with E-state index in [4.69, 9.17) is 21.1 Å². The van der Waals surface area contributed by atoms with Gasteiger partial charge in [0.2, 0.25) is 0 Å². The molecule has 0 radical (unpaired) electrons. The van der Waals surface area contributed by atoms with Crippen molar-refractivity contribution in [1.29, 1.82) is 0 Å². The Morgan fingerprint density at radius 2 is 1.47 bits per heavy atom. The summed E-state index contributed by atoms with van der Waals surface area (Å²) < 4.78 is 79.6. The third-order valence-corrected chi connectivity index (χ3v) is 10.5. The van der Waals surface area contributed by atoms with Gasteiger partial charge in [0.15, 0.2) is 0 Å². The van der Waals surface area contributed by atoms with Crippen molar-refractivity contribution in [2.24, 2.45) is 0 Å². The van der Waals surface area contributed by atoms with Crippen LogP contribution in [0.4, 0.5) is 26.7 Å². The third-order valence-electron chi connectivity index (χ3n) is 8.83. The first-order chi connectivity index (χ1) is 23.9. The second-order valence-corrected chi connectivity index (χ2v) is 14.8. The maximum atomic E-state index is 14.8. The van der Waals surface area contributed by atoms with Gasteiger partial charge in [-0.2, -0.15) is 13.2 Å². The van der Waals surface area contributed by atoms with Crippen LogP contribution in [0.25, 0.3) is 21.2 Å². The fourth-order valence-electron chi connectivity index (χ4n) is 6.22. The highest BCUT2D eigenvalue weighted by molar-refractivity contribution is 7.21. The molecule has 0 unspecified atom stereocenters. The van der Waals surface area contributed by atoms with Gasteiger partial charge in [0.1, 0.15) is 27.9 Å². The van der Waals surface area contributed by atoms with E-state index in [1.165, 1.54) is 19.2 Å². The summed E-state index contributed by atoms with van der Waals surface area (Å²) in [4.78, 5) is 42.0. The second-order valence-electron chi connectivity index (χ2n) is 13.4. The molecule has 0 spiro atoms. The topological polar surface area (TPSA) is 76.2 Å². The number of alkyl halides is 3. The molecule has 5 rings (SSSR count). The van der Waals surface area contributed by atoms with E-state index >= 15 is 0 Å². The van der Waals surface area contributed by atoms with Crippen LogP contribution in [-0.2, 0) is 11.3 Å². The minimum atomic E-state index is -5.01. The zero-order chi connectivity index (χ0) is 37.4. The molecule has 2 amide bonds. The molecule has 51 heavy (non-hydrogen) atoms. The second kappa shape index (κ2) is 14.8. The molecule has 0 atom stereocenters. The van der Waals surface area contributed by atoms with Crippen molar-refractivity contribution in [2.45, 2.75) is 76.9 Å². The van der Waals surface area contributed by atoms with E-state index in [0.717, 1.165) is 35.6 Å². The number of hydrogen-bond donors (Lipinski definition) is 0. The summed E-state index contributed by atoms with van der Waals surface area (Å²) in [5.74, 6) is -3.57. The third kappa shape index (κ3) is 8.30. The minimum absolute atomic E-state index is 0.0206. The van der Waals surface area contributed by atoms with Crippen LogP contribution in [0.15, 0.2) is 54.6 Å². The molecule has 272 valence electrons. The highest BCUT2D eigenvalue weighted by Gasteiger charge is 2.39. The molecular formula is C37H36ClF5N2O5S. The van der Waals surface area contributed by atoms with Crippen molar-refractivity contribution < 1.29 is 45.8 Å². The van der Waals surface area contributed by atoms with Gasteiger partial charge >= 0.3 is 12.3 Å². The predicted octanol–water partition coefficient (Wildman–Crippen LogP) is 10.1. The largest absolute Gasteiger partial charge is 0.496 e. The molecule has 1 aliphatic carbocycles. The Labute approximate surface area is 300 Å². The molecule has 0 bridgehead atoms. The van der Waals surface area contributed by atoms with E-state index in [-0.39, 0.29) is 38.6 Å². The summed E-state index contributed by atoms with van der Waals surface area (Å²) in [6, 6.07) is 11.5. The van der Waals surface area contributed by atoms with Gasteiger partial charge < -0.3 is 19.3 Å². The van der Waals surface area contributed by atoms with E-state index in [1.54, 1.807) is 55.8 Å². The minimum Gasteiger partial charge on any atom is -0.496 e. The maximum Gasteiger partial charge on any atom is 0.454 e. The SMILES string of the molecule is COc1ccc(-c2ccc(C(=O)C(F)(F)F)cc2)cc1CN(C(=O)c1sc2c(F)ccc(F)c2c1Cl)[C@H]1CC[C@H](N(C)C(=O)OC(C)(C)C)CC1. The Morgan fingerprint density at radius 3 is 2.04 bits per heavy atom. The predicted molar refractivity (Wildman–Crippen MR) is 185 cm³/mol. The highest BCUT2D eigenvalue weighted by Crippen LogP contribution is 2.41. The summed E-state index contributed by atoms with van der Waals surface area (Å²) in [7, 11) is 3.12. The number of amides is 2. The number of Topliss-reactive ketones (excluding diaryl/α,β-unsaturated/α-hetero) is 1. The van der Waals surface area contributed by atoms with Crippen LogP contribution < -0.4 is 4.74 Å². The smallest absolute Gasteiger partial charge is 0.454 e. The average molecular weight is 751 g/mol. The number of rotatable bonds is 8. The molecular weight excluding hydrogens is 715 g/mol. The summed E-state index contributed by atoms with van der Waals surface area (Å²) in [6.45, 7) is 5.32. The first kappa shape index (κ1) is 38.0. The first-order valence-electron chi connectivity index (χ1n) is 16.1. The van der Waals surface area contributed by atoms with Gasteiger partial charge in [-0.3, -0.25) is 9.59 Å². The van der Waals surface area contributed by atoms with Gasteiger partial charge in [-0.05, 0) is 81.8 Å². The van der Waals surface area contributed by atoms with Crippen LogP contribution in [0.1, 0.15) is 72.0 Å². The Kier molecular flexibility index (Phi) is 11.0. The quantitative estimate of drug-likeness (QED) is 0.132. The number of thiophene rings is 1. The zero-order valence-corrected chi connectivity index (χ0v) is 30.1. The fraction of sp³-hybridized carbons (Fsp3) is 0.378. The molecule has 1 heterocycles. The molecule has 1 aromatic heterocycles. The first-order valence-corrected chi connectivity index (χ1v) is 17.3. The lowest BCUT2D eigenvalue weighted by Gasteiger charge is -2.40. The highest BCUT2D eigenvalue weighted by atomic mass is 35.5. The van der Waals surface area contributed by atoms with E-state index in [9.17, 15) is 36.3 Å². The molecule has 0 aliphatic heterocycles. The molecule has 4 aromatic rings. The summed E-state index contributed by atoms with van der Waals surface area (Å²) in [5, 5.41) is -0.380. The van der Waals surface area contributed by atoms with Gasteiger partial charge in [0.25, 0.3) is 11.7 Å². The van der Waals surface area contributed by atoms with Crippen LogP contribution in [0.2, 0.25) is 5.02 Å². The molecule has 0 N–H and O–H groups in total. The zero-order valence-electron chi connectivity index (χ0n) is 28.5. The van der Waals surface area contributed by atoms with Crippen molar-refractivity contribution in [3.05, 3.63) is 87.3 Å². The van der Waals surface area contributed by atoms with E-state index in [2.05, 4.69) is 0 Å². The molecule has 14 heteroatoms. The number of methoxy groups -OCH3 is 1. The summed E-state index contributed by atoms with van der Waals surface area (Å²) in [5.41, 5.74) is 0.458. The summed E-state index contributed by atoms with van der Waals surface area (Å²) >= 11 is 7.33. The standard InChI is InChI=1S/C37H36ClF5N2O5S/c1-36(2,3)50-35(48)44(4)24-11-13-25(14-12-24)45(34(47)32-30(38)29-26(39)15-16-27(40)31(29)51-32)19-23-18-22(10-17-28(23)49-5)20-6-8-21(9-7-20)33(46)37(41,42)43/h6-10,15-18,24-25H,11-14,19H2,1-5H3/t24-,25-. The Morgan fingerprint density at radius 1 is 0.882 bits per heavy atom. The number of carbonyl (C=O) groups excluding carboxylic acids is 3. The fourth-order valence-corrected chi connectivity index (χ4v) is 7.72. The van der Waals surface area contributed by atoms with Gasteiger partial charge in [-0.15, -0.1) is 11.3 Å². The van der Waals surface area contributed by atoms with Crippen LogP contribution in [0.3, 0.4) is 0 Å². The molecule has 3 aromatic carbocycles. The van der Waals surface area contributed by atoms with E-state index < -0.39 is 46.8 Å². The number of benzene rings is 3. The Bertz CT molecular complexity index is 1950. The van der Waals surface area contributed by atoms with Crippen molar-refractivity contribution in [3.8, 4) is 16.9 Å². The van der Waals surface area contributed by atoms with Crippen molar-refractivity contribution in [3.63, 3.8) is 0 Å². The molecule has 0 saturated heterocycles. The lowest BCUT2D eigenvalue weighted by molar-refractivity contribution is -0.0885. The lowest BCUT2D eigenvalue weighted by atomic mass is 9.89. The van der Waals surface area contributed by atoms with Crippen LogP contribution >= 0.6 is 22.9 Å². The van der Waals surface area contributed by atoms with E-state index in [1.807, 2.05) is 0 Å². The summed E-state index contributed by atoms with van der Waals surface area (Å²) in [6.07, 6.45) is -3.44. The van der Waals surface area contributed by atoms with Crippen molar-refractivity contribution in [1.82, 2.24) is 9.80 Å². The Balaban J connectivity index is 1.49. The number of carbonyl (C=O) groups is 3. The van der Waals surface area contributed by atoms with Crippen LogP contribution in [0.5, 0.6) is 5.75 Å². The van der Waals surface area contributed by atoms with Crippen molar-refractivity contribution in [2.75, 3.05) is 14.2 Å². The number of halogens is 6. The van der Waals surface area contributed by atoms with Gasteiger partial charge in [0, 0.05) is 36.8 Å². The normalized spacial score (nSPS) is 16.5. The monoisotopic (exact) mass is 750 g/mol. The number of ketones is 1. The molecule has 1 fully saturated rings. The number of nitrogens with zero attached hydrogens (tertiary/aromatic N) is 2. The van der Waals surface area contributed by atoms with Crippen LogP contribution in [-0.4, -0.2) is 65.6 Å². The lowest BCUT2D eigenvalue weighted by Crippen LogP contribution is -2.47. The Hall–Kier alpha value is -4.23. The number of fused-ring (bicyclic) bond motifs is 1. The number of hydrogen-bond acceptors (Lipinski definition) is 6. The molecule has 1 saturated carbocycles. The van der Waals surface area contributed by atoms with Gasteiger partial charge in [-0.1, -0.05) is 41.9 Å². The van der Waals surface area contributed by atoms with E-state index in [0.29, 0.717) is 48.1 Å². The molecule has 7 nitrogen and oxygen atoms in total. The van der Waals surface area contributed by atoms with Gasteiger partial charge in [0.05, 0.1) is 22.2 Å². The van der Waals surface area contributed by atoms with Gasteiger partial charge in [-0.25, -0.2) is 13.6 Å². The average Bonchev–Trinajstić information content (AvgIpc) is 3.45.